The van der Waals surface area contributed by atoms with E-state index in [4.69, 9.17) is 8.37 Å². The average molecular weight is 300 g/mol. The van der Waals surface area contributed by atoms with Gasteiger partial charge < -0.3 is 8.37 Å². The minimum atomic E-state index is -0.300. The average Bonchev–Trinajstić information content (AvgIpc) is 2.43. The van der Waals surface area contributed by atoms with Gasteiger partial charge in [0.15, 0.2) is 0 Å². The molecule has 0 aliphatic carbocycles. The number of benzene rings is 2. The first-order chi connectivity index (χ1) is 9.24. The molecular formula is C13H10F2O2S2. The van der Waals surface area contributed by atoms with E-state index in [9.17, 15) is 8.78 Å². The van der Waals surface area contributed by atoms with Crippen molar-refractivity contribution in [3.8, 4) is 11.5 Å². The lowest BCUT2D eigenvalue weighted by Gasteiger charge is -2.04. The third kappa shape index (κ3) is 5.00. The Balaban J connectivity index is 1.64. The van der Waals surface area contributed by atoms with Gasteiger partial charge >= 0.3 is 0 Å². The second-order valence-corrected chi connectivity index (χ2v) is 5.18. The van der Waals surface area contributed by atoms with E-state index in [1.165, 1.54) is 48.4 Å². The fraction of sp³-hybridized carbons (Fsp3) is 0.0769. The van der Waals surface area contributed by atoms with Crippen LogP contribution in [0.1, 0.15) is 0 Å². The van der Waals surface area contributed by atoms with Gasteiger partial charge in [0, 0.05) is 0 Å². The molecule has 0 saturated heterocycles. The van der Waals surface area contributed by atoms with Crippen LogP contribution in [0.3, 0.4) is 0 Å². The largest absolute Gasteiger partial charge is 0.425 e. The number of halogens is 2. The van der Waals surface area contributed by atoms with Gasteiger partial charge in [0.05, 0.1) is 24.1 Å². The molecule has 100 valence electrons. The van der Waals surface area contributed by atoms with Crippen LogP contribution in [0.2, 0.25) is 0 Å². The molecule has 0 spiro atoms. The Hall–Kier alpha value is -1.40. The molecule has 2 rings (SSSR count). The molecule has 19 heavy (non-hydrogen) atoms. The minimum Gasteiger partial charge on any atom is -0.425 e. The molecule has 0 aliphatic heterocycles. The summed E-state index contributed by atoms with van der Waals surface area (Å²) in [5.74, 6) is 0.556. The number of hydrogen-bond donors (Lipinski definition) is 0. The quantitative estimate of drug-likeness (QED) is 0.438. The third-order valence-corrected chi connectivity index (χ3v) is 3.42. The van der Waals surface area contributed by atoms with Crippen LogP contribution in [0.25, 0.3) is 0 Å². The van der Waals surface area contributed by atoms with Crippen molar-refractivity contribution in [2.45, 2.75) is 0 Å². The van der Waals surface area contributed by atoms with E-state index in [0.717, 1.165) is 0 Å². The fourth-order valence-corrected chi connectivity index (χ4v) is 2.22. The highest BCUT2D eigenvalue weighted by molar-refractivity contribution is 8.12. The van der Waals surface area contributed by atoms with Crippen molar-refractivity contribution < 1.29 is 17.1 Å². The molecule has 2 nitrogen and oxygen atoms in total. The van der Waals surface area contributed by atoms with E-state index in [2.05, 4.69) is 0 Å². The molecule has 0 heterocycles. The summed E-state index contributed by atoms with van der Waals surface area (Å²) in [6, 6.07) is 11.5. The first-order valence-electron chi connectivity index (χ1n) is 5.34. The van der Waals surface area contributed by atoms with E-state index in [1.807, 2.05) is 0 Å². The van der Waals surface area contributed by atoms with Crippen LogP contribution in [0.5, 0.6) is 11.5 Å². The van der Waals surface area contributed by atoms with Crippen LogP contribution in [-0.4, -0.2) is 5.08 Å². The molecule has 2 aromatic carbocycles. The predicted octanol–water partition coefficient (Wildman–Crippen LogP) is 4.68. The summed E-state index contributed by atoms with van der Waals surface area (Å²) in [6.07, 6.45) is 0. The van der Waals surface area contributed by atoms with E-state index in [1.54, 1.807) is 24.3 Å². The molecule has 2 aromatic rings. The molecule has 0 aromatic heterocycles. The van der Waals surface area contributed by atoms with Gasteiger partial charge in [-0.3, -0.25) is 0 Å². The Morgan fingerprint density at radius 3 is 1.42 bits per heavy atom. The predicted molar refractivity (Wildman–Crippen MR) is 74.1 cm³/mol. The van der Waals surface area contributed by atoms with Gasteiger partial charge in [-0.25, -0.2) is 8.78 Å². The van der Waals surface area contributed by atoms with Crippen molar-refractivity contribution in [3.05, 3.63) is 60.2 Å². The van der Waals surface area contributed by atoms with Crippen LogP contribution in [0.4, 0.5) is 8.78 Å². The van der Waals surface area contributed by atoms with Crippen LogP contribution in [0, 0.1) is 11.6 Å². The Morgan fingerprint density at radius 1 is 0.684 bits per heavy atom. The molecule has 0 aliphatic rings. The second kappa shape index (κ2) is 7.25. The van der Waals surface area contributed by atoms with Crippen molar-refractivity contribution in [1.29, 1.82) is 0 Å². The van der Waals surface area contributed by atoms with Crippen LogP contribution >= 0.6 is 24.1 Å². The van der Waals surface area contributed by atoms with E-state index < -0.39 is 0 Å². The zero-order chi connectivity index (χ0) is 13.5. The Morgan fingerprint density at radius 2 is 1.05 bits per heavy atom. The van der Waals surface area contributed by atoms with Gasteiger partial charge in [0.25, 0.3) is 0 Å². The van der Waals surface area contributed by atoms with Gasteiger partial charge in [0.2, 0.25) is 0 Å². The maximum Gasteiger partial charge on any atom is 0.137 e. The zero-order valence-corrected chi connectivity index (χ0v) is 11.3. The van der Waals surface area contributed by atoms with Crippen molar-refractivity contribution in [1.82, 2.24) is 0 Å². The molecular weight excluding hydrogens is 290 g/mol. The molecule has 0 radical (unpaired) electrons. The topological polar surface area (TPSA) is 18.5 Å². The third-order valence-electron chi connectivity index (χ3n) is 2.03. The molecule has 0 amide bonds. The summed E-state index contributed by atoms with van der Waals surface area (Å²) >= 11 is 2.35. The Kier molecular flexibility index (Phi) is 5.35. The maximum atomic E-state index is 12.6. The van der Waals surface area contributed by atoms with E-state index in [0.29, 0.717) is 16.6 Å². The van der Waals surface area contributed by atoms with Gasteiger partial charge in [-0.15, -0.1) is 0 Å². The fourth-order valence-electron chi connectivity index (χ4n) is 1.18. The molecule has 0 saturated carbocycles. The van der Waals surface area contributed by atoms with Crippen LogP contribution in [-0.2, 0) is 0 Å². The molecule has 0 atom stereocenters. The van der Waals surface area contributed by atoms with Gasteiger partial charge in [-0.2, -0.15) is 0 Å². The molecule has 0 fully saturated rings. The van der Waals surface area contributed by atoms with Crippen LogP contribution < -0.4 is 8.37 Å². The van der Waals surface area contributed by atoms with Gasteiger partial charge in [-0.1, -0.05) is 0 Å². The lowest BCUT2D eigenvalue weighted by molar-refractivity contribution is 0.611. The molecule has 0 unspecified atom stereocenters. The standard InChI is InChI=1S/C13H10F2O2S2/c14-10-1-5-12(6-2-10)16-18-9-19-17-13-7-3-11(15)4-8-13/h1-8H,9H2. The number of rotatable bonds is 6. The first-order valence-corrected chi connectivity index (χ1v) is 7.16. The van der Waals surface area contributed by atoms with Crippen molar-refractivity contribution in [2.24, 2.45) is 0 Å². The van der Waals surface area contributed by atoms with E-state index >= 15 is 0 Å². The summed E-state index contributed by atoms with van der Waals surface area (Å²) in [5, 5.41) is 0.523. The van der Waals surface area contributed by atoms with Crippen molar-refractivity contribution in [2.75, 3.05) is 5.08 Å². The highest BCUT2D eigenvalue weighted by atomic mass is 32.2. The summed E-state index contributed by atoms with van der Waals surface area (Å²) in [7, 11) is 0. The van der Waals surface area contributed by atoms with E-state index in [-0.39, 0.29) is 11.6 Å². The molecule has 0 bridgehead atoms. The highest BCUT2D eigenvalue weighted by Crippen LogP contribution is 2.22. The lowest BCUT2D eigenvalue weighted by atomic mass is 10.3. The Labute approximate surface area is 118 Å². The van der Waals surface area contributed by atoms with Crippen LogP contribution in [0.15, 0.2) is 48.5 Å². The zero-order valence-electron chi connectivity index (χ0n) is 9.71. The first kappa shape index (κ1) is 14.0. The SMILES string of the molecule is Fc1ccc(OSCSOc2ccc(F)cc2)cc1. The molecule has 6 heteroatoms. The van der Waals surface area contributed by atoms with Crippen molar-refractivity contribution >= 4 is 24.1 Å². The number of hydrogen-bond acceptors (Lipinski definition) is 4. The monoisotopic (exact) mass is 300 g/mol. The summed E-state index contributed by atoms with van der Waals surface area (Å²) in [5.41, 5.74) is 0. The van der Waals surface area contributed by atoms with Gasteiger partial charge in [0.1, 0.15) is 28.2 Å². The second-order valence-electron chi connectivity index (χ2n) is 3.43. The maximum absolute atomic E-state index is 12.6. The lowest BCUT2D eigenvalue weighted by Crippen LogP contribution is -1.86. The summed E-state index contributed by atoms with van der Waals surface area (Å²) in [6.45, 7) is 0. The molecule has 0 N–H and O–H groups in total. The minimum absolute atomic E-state index is 0.300. The highest BCUT2D eigenvalue weighted by Gasteiger charge is 1.99. The van der Waals surface area contributed by atoms with Gasteiger partial charge in [-0.05, 0) is 48.5 Å². The summed E-state index contributed by atoms with van der Waals surface area (Å²) in [4.78, 5) is 0. The summed E-state index contributed by atoms with van der Waals surface area (Å²) < 4.78 is 35.9. The normalized spacial score (nSPS) is 10.2. The smallest absolute Gasteiger partial charge is 0.137 e. The Bertz CT molecular complexity index is 456. The van der Waals surface area contributed by atoms with Crippen molar-refractivity contribution in [3.63, 3.8) is 0 Å².